The van der Waals surface area contributed by atoms with Gasteiger partial charge >= 0.3 is 0 Å². The van der Waals surface area contributed by atoms with Crippen LogP contribution in [0.1, 0.15) is 25.1 Å². The van der Waals surface area contributed by atoms with Crippen LogP contribution in [0.25, 0.3) is 0 Å². The molecule has 0 bridgehead atoms. The summed E-state index contributed by atoms with van der Waals surface area (Å²) in [5.41, 5.74) is 2.42. The third-order valence-corrected chi connectivity index (χ3v) is 4.45. The van der Waals surface area contributed by atoms with Crippen LogP contribution in [0.15, 0.2) is 18.3 Å². The van der Waals surface area contributed by atoms with Crippen molar-refractivity contribution in [1.29, 1.82) is 0 Å². The van der Waals surface area contributed by atoms with Gasteiger partial charge < -0.3 is 5.32 Å². The molecule has 1 saturated heterocycles. The number of hydrogen-bond acceptors (Lipinski definition) is 4. The summed E-state index contributed by atoms with van der Waals surface area (Å²) in [6, 6.07) is 4.32. The van der Waals surface area contributed by atoms with Gasteiger partial charge in [-0.3, -0.25) is 9.88 Å². The third-order valence-electron chi connectivity index (χ3n) is 3.16. The van der Waals surface area contributed by atoms with Crippen LogP contribution in [0.4, 0.5) is 0 Å². The zero-order valence-corrected chi connectivity index (χ0v) is 12.4. The maximum atomic E-state index is 4.55. The Balaban J connectivity index is 1.92. The van der Waals surface area contributed by atoms with E-state index in [2.05, 4.69) is 52.9 Å². The second-order valence-electron chi connectivity index (χ2n) is 5.51. The number of nitrogens with one attached hydrogen (secondary N) is 1. The van der Waals surface area contributed by atoms with Crippen molar-refractivity contribution in [1.82, 2.24) is 15.2 Å². The summed E-state index contributed by atoms with van der Waals surface area (Å²) in [6.45, 7) is 8.84. The first kappa shape index (κ1) is 13.8. The van der Waals surface area contributed by atoms with Crippen LogP contribution in [-0.4, -0.2) is 40.5 Å². The van der Waals surface area contributed by atoms with Crippen molar-refractivity contribution >= 4 is 11.8 Å². The van der Waals surface area contributed by atoms with Crippen molar-refractivity contribution in [3.05, 3.63) is 29.6 Å². The van der Waals surface area contributed by atoms with Crippen LogP contribution in [-0.2, 0) is 13.1 Å². The molecule has 2 heterocycles. The first-order valence-electron chi connectivity index (χ1n) is 6.54. The number of hydrogen-bond donors (Lipinski definition) is 1. The summed E-state index contributed by atoms with van der Waals surface area (Å²) in [5.74, 6) is 1.23. The maximum absolute atomic E-state index is 4.55. The van der Waals surface area contributed by atoms with Crippen LogP contribution in [0.3, 0.4) is 0 Å². The van der Waals surface area contributed by atoms with Crippen molar-refractivity contribution in [2.24, 2.45) is 0 Å². The molecule has 18 heavy (non-hydrogen) atoms. The van der Waals surface area contributed by atoms with Crippen molar-refractivity contribution in [3.63, 3.8) is 0 Å². The molecule has 1 aromatic heterocycles. The molecule has 0 unspecified atom stereocenters. The molecule has 1 fully saturated rings. The molecule has 0 aromatic carbocycles. The largest absolute Gasteiger partial charge is 0.316 e. The van der Waals surface area contributed by atoms with Gasteiger partial charge in [0.2, 0.25) is 0 Å². The minimum Gasteiger partial charge on any atom is -0.316 e. The van der Waals surface area contributed by atoms with Crippen molar-refractivity contribution in [2.45, 2.75) is 31.7 Å². The average Bonchev–Trinajstić information content (AvgIpc) is 2.31. The molecule has 0 spiro atoms. The summed E-state index contributed by atoms with van der Waals surface area (Å²) < 4.78 is 0.379. The topological polar surface area (TPSA) is 28.2 Å². The summed E-state index contributed by atoms with van der Waals surface area (Å²) in [5, 5.41) is 3.14. The highest BCUT2D eigenvalue weighted by Crippen LogP contribution is 2.29. The van der Waals surface area contributed by atoms with E-state index in [1.165, 1.54) is 23.6 Å². The van der Waals surface area contributed by atoms with Gasteiger partial charge in [-0.05, 0) is 32.5 Å². The van der Waals surface area contributed by atoms with E-state index in [9.17, 15) is 0 Å². The normalized spacial score (nSPS) is 19.9. The molecule has 1 aliphatic heterocycles. The summed E-state index contributed by atoms with van der Waals surface area (Å²) in [4.78, 5) is 7.06. The first-order valence-corrected chi connectivity index (χ1v) is 7.52. The molecule has 1 aromatic rings. The molecule has 0 amide bonds. The van der Waals surface area contributed by atoms with E-state index in [4.69, 9.17) is 0 Å². The van der Waals surface area contributed by atoms with Crippen molar-refractivity contribution < 1.29 is 0 Å². The van der Waals surface area contributed by atoms with Gasteiger partial charge in [0.05, 0.1) is 5.69 Å². The minimum atomic E-state index is 0.379. The molecule has 1 N–H and O–H groups in total. The molecular weight excluding hydrogens is 242 g/mol. The summed E-state index contributed by atoms with van der Waals surface area (Å²) in [7, 11) is 1.96. The number of aromatic nitrogens is 1. The van der Waals surface area contributed by atoms with Crippen LogP contribution < -0.4 is 5.32 Å². The lowest BCUT2D eigenvalue weighted by atomic mass is 10.1. The zero-order valence-electron chi connectivity index (χ0n) is 11.6. The van der Waals surface area contributed by atoms with Gasteiger partial charge in [0, 0.05) is 42.9 Å². The van der Waals surface area contributed by atoms with Crippen LogP contribution >= 0.6 is 11.8 Å². The monoisotopic (exact) mass is 265 g/mol. The number of rotatable bonds is 4. The number of nitrogens with zero attached hydrogens (tertiary/aromatic N) is 2. The van der Waals surface area contributed by atoms with Gasteiger partial charge in [-0.1, -0.05) is 6.07 Å². The van der Waals surface area contributed by atoms with Gasteiger partial charge in [-0.25, -0.2) is 0 Å². The molecule has 0 radical (unpaired) electrons. The predicted molar refractivity (Wildman–Crippen MR) is 78.8 cm³/mol. The molecule has 0 aliphatic carbocycles. The number of pyridine rings is 1. The van der Waals surface area contributed by atoms with Crippen LogP contribution in [0, 0.1) is 0 Å². The number of thioether (sulfide) groups is 1. The van der Waals surface area contributed by atoms with E-state index in [1.54, 1.807) is 0 Å². The van der Waals surface area contributed by atoms with Crippen molar-refractivity contribution in [2.75, 3.05) is 25.9 Å². The highest BCUT2D eigenvalue weighted by Gasteiger charge is 2.26. The maximum Gasteiger partial charge on any atom is 0.0544 e. The Labute approximate surface area is 114 Å². The lowest BCUT2D eigenvalue weighted by molar-refractivity contribution is 0.250. The smallest absolute Gasteiger partial charge is 0.0544 e. The fourth-order valence-electron chi connectivity index (χ4n) is 2.34. The van der Waals surface area contributed by atoms with E-state index >= 15 is 0 Å². The molecule has 4 heteroatoms. The molecule has 0 atom stereocenters. The molecule has 2 rings (SSSR count). The van der Waals surface area contributed by atoms with Gasteiger partial charge in [0.25, 0.3) is 0 Å². The molecule has 0 saturated carbocycles. The summed E-state index contributed by atoms with van der Waals surface area (Å²) >= 11 is 2.07. The third kappa shape index (κ3) is 3.97. The Hall–Kier alpha value is -0.580. The second kappa shape index (κ2) is 6.04. The van der Waals surface area contributed by atoms with Crippen molar-refractivity contribution in [3.8, 4) is 0 Å². The second-order valence-corrected chi connectivity index (χ2v) is 7.31. The van der Waals surface area contributed by atoms with Gasteiger partial charge in [0.15, 0.2) is 0 Å². The first-order chi connectivity index (χ1) is 8.59. The Morgan fingerprint density at radius 3 is 2.89 bits per heavy atom. The fourth-order valence-corrected chi connectivity index (χ4v) is 3.51. The lowest BCUT2D eigenvalue weighted by Gasteiger charge is -2.37. The minimum absolute atomic E-state index is 0.379. The summed E-state index contributed by atoms with van der Waals surface area (Å²) in [6.07, 6.45) is 1.98. The standard InChI is InChI=1S/C14H23N3S/c1-14(2)11-17(6-7-18-14)10-13-5-4-12(8-15-3)9-16-13/h4-5,9,15H,6-8,10-11H2,1-3H3. The van der Waals surface area contributed by atoms with E-state index < -0.39 is 0 Å². The van der Waals surface area contributed by atoms with Gasteiger partial charge in [-0.15, -0.1) is 0 Å². The van der Waals surface area contributed by atoms with E-state index in [0.29, 0.717) is 4.75 Å². The Morgan fingerprint density at radius 2 is 2.28 bits per heavy atom. The lowest BCUT2D eigenvalue weighted by Crippen LogP contribution is -2.42. The van der Waals surface area contributed by atoms with Gasteiger partial charge in [-0.2, -0.15) is 11.8 Å². The van der Waals surface area contributed by atoms with Crippen LogP contribution in [0.5, 0.6) is 0 Å². The predicted octanol–water partition coefficient (Wildman–Crippen LogP) is 2.13. The molecule has 3 nitrogen and oxygen atoms in total. The van der Waals surface area contributed by atoms with E-state index in [1.807, 2.05) is 13.2 Å². The van der Waals surface area contributed by atoms with E-state index in [-0.39, 0.29) is 0 Å². The Morgan fingerprint density at radius 1 is 1.44 bits per heavy atom. The fraction of sp³-hybridized carbons (Fsp3) is 0.643. The zero-order chi connectivity index (χ0) is 13.0. The highest BCUT2D eigenvalue weighted by atomic mass is 32.2. The van der Waals surface area contributed by atoms with Gasteiger partial charge in [0.1, 0.15) is 0 Å². The average molecular weight is 265 g/mol. The SMILES string of the molecule is CNCc1ccc(CN2CCSC(C)(C)C2)nc1. The van der Waals surface area contributed by atoms with E-state index in [0.717, 1.165) is 19.6 Å². The quantitative estimate of drug-likeness (QED) is 0.903. The highest BCUT2D eigenvalue weighted by molar-refractivity contribution is 8.00. The Bertz CT molecular complexity index is 375. The molecular formula is C14H23N3S. The van der Waals surface area contributed by atoms with Crippen LogP contribution in [0.2, 0.25) is 0 Å². The Kier molecular flexibility index (Phi) is 4.65. The molecule has 100 valence electrons. The molecule has 1 aliphatic rings.